The minimum Gasteiger partial charge on any atom is -0.343 e. The maximum Gasteiger partial charge on any atom is 0.219 e. The van der Waals surface area contributed by atoms with Crippen LogP contribution in [0.2, 0.25) is 0 Å². The third-order valence-corrected chi connectivity index (χ3v) is 5.97. The second kappa shape index (κ2) is 7.75. The van der Waals surface area contributed by atoms with Gasteiger partial charge in [0.1, 0.15) is 11.3 Å². The summed E-state index contributed by atoms with van der Waals surface area (Å²) in [6.07, 6.45) is 4.67. The Balaban J connectivity index is 1.50. The molecule has 1 aliphatic rings. The molecule has 5 nitrogen and oxygen atoms in total. The van der Waals surface area contributed by atoms with E-state index < -0.39 is 0 Å². The van der Waals surface area contributed by atoms with Gasteiger partial charge in [-0.05, 0) is 29.5 Å². The summed E-state index contributed by atoms with van der Waals surface area (Å²) in [6, 6.07) is 21.0. The highest BCUT2D eigenvalue weighted by Gasteiger charge is 2.26. The molecule has 3 heterocycles. The average molecular weight is 396 g/mol. The average Bonchev–Trinajstić information content (AvgIpc) is 3.40. The number of amides is 1. The highest BCUT2D eigenvalue weighted by atomic mass is 16.2. The monoisotopic (exact) mass is 396 g/mol. The molecule has 0 spiro atoms. The zero-order valence-corrected chi connectivity index (χ0v) is 17.0. The van der Waals surface area contributed by atoms with Gasteiger partial charge in [-0.3, -0.25) is 9.78 Å². The van der Waals surface area contributed by atoms with Crippen molar-refractivity contribution in [3.63, 3.8) is 0 Å². The normalized spacial score (nSPS) is 16.3. The van der Waals surface area contributed by atoms with Crippen LogP contribution in [0.4, 0.5) is 0 Å². The molecule has 1 fully saturated rings. The van der Waals surface area contributed by atoms with E-state index in [0.717, 1.165) is 48.5 Å². The molecule has 0 bridgehead atoms. The molecule has 150 valence electrons. The first kappa shape index (κ1) is 18.6. The Morgan fingerprint density at radius 1 is 1.00 bits per heavy atom. The number of fused-ring (bicyclic) bond motifs is 1. The fraction of sp³-hybridized carbons (Fsp3) is 0.240. The van der Waals surface area contributed by atoms with Crippen molar-refractivity contribution < 1.29 is 4.79 Å². The van der Waals surface area contributed by atoms with Gasteiger partial charge in [-0.15, -0.1) is 0 Å². The maximum atomic E-state index is 11.7. The lowest BCUT2D eigenvalue weighted by molar-refractivity contribution is -0.127. The number of carbonyl (C=O) groups is 1. The molecule has 1 saturated heterocycles. The van der Waals surface area contributed by atoms with Gasteiger partial charge in [0.05, 0.1) is 11.7 Å². The third kappa shape index (κ3) is 3.47. The van der Waals surface area contributed by atoms with Crippen molar-refractivity contribution >= 4 is 16.9 Å². The molecule has 0 aliphatic carbocycles. The van der Waals surface area contributed by atoms with Crippen LogP contribution in [-0.4, -0.2) is 38.4 Å². The molecule has 0 radical (unpaired) electrons. The van der Waals surface area contributed by atoms with E-state index in [1.165, 1.54) is 11.1 Å². The Morgan fingerprint density at radius 2 is 1.73 bits per heavy atom. The van der Waals surface area contributed by atoms with Crippen LogP contribution >= 0.6 is 0 Å². The molecule has 0 saturated carbocycles. The van der Waals surface area contributed by atoms with Crippen LogP contribution in [0, 0.1) is 5.92 Å². The van der Waals surface area contributed by atoms with Crippen molar-refractivity contribution in [3.05, 3.63) is 73.1 Å². The van der Waals surface area contributed by atoms with Gasteiger partial charge in [0.25, 0.3) is 0 Å². The minimum atomic E-state index is 0.161. The predicted molar refractivity (Wildman–Crippen MR) is 119 cm³/mol. The van der Waals surface area contributed by atoms with E-state index >= 15 is 0 Å². The van der Waals surface area contributed by atoms with Crippen LogP contribution in [0.25, 0.3) is 33.5 Å². The number of likely N-dealkylation sites (tertiary alicyclic amines) is 1. The van der Waals surface area contributed by atoms with Crippen LogP contribution in [0.3, 0.4) is 0 Å². The summed E-state index contributed by atoms with van der Waals surface area (Å²) in [5, 5.41) is 0. The number of imidazole rings is 1. The smallest absolute Gasteiger partial charge is 0.219 e. The predicted octanol–water partition coefficient (Wildman–Crippen LogP) is 4.63. The molecular weight excluding hydrogens is 372 g/mol. The summed E-state index contributed by atoms with van der Waals surface area (Å²) < 4.78 is 2.29. The highest BCUT2D eigenvalue weighted by molar-refractivity contribution is 5.80. The van der Waals surface area contributed by atoms with Crippen LogP contribution < -0.4 is 0 Å². The Hall–Kier alpha value is -3.47. The number of carbonyl (C=O) groups excluding carboxylic acids is 1. The Morgan fingerprint density at radius 3 is 2.47 bits per heavy atom. The number of nitrogens with zero attached hydrogens (tertiary/aromatic N) is 4. The summed E-state index contributed by atoms with van der Waals surface area (Å²) in [5.41, 5.74) is 5.48. The molecule has 30 heavy (non-hydrogen) atoms. The standard InChI is InChI=1S/C25H24N4O/c1-18(30)28-14-12-19(16-28)17-29-24-11-13-26-15-23(24)27-25(29)22-9-7-21(8-10-22)20-5-3-2-4-6-20/h2-11,13,15,19H,12,14,16-17H2,1H3. The SMILES string of the molecule is CC(=O)N1CCC(Cn2c(-c3ccc(-c4ccccc4)cc3)nc3cnccc32)C1. The topological polar surface area (TPSA) is 51.0 Å². The van der Waals surface area contributed by atoms with Gasteiger partial charge in [0.15, 0.2) is 0 Å². The lowest BCUT2D eigenvalue weighted by Crippen LogP contribution is -2.26. The van der Waals surface area contributed by atoms with E-state index in [9.17, 15) is 4.79 Å². The second-order valence-electron chi connectivity index (χ2n) is 7.97. The zero-order valence-electron chi connectivity index (χ0n) is 17.0. The summed E-state index contributed by atoms with van der Waals surface area (Å²) in [7, 11) is 0. The number of hydrogen-bond acceptors (Lipinski definition) is 3. The molecule has 5 heteroatoms. The quantitative estimate of drug-likeness (QED) is 0.505. The van der Waals surface area contributed by atoms with Crippen LogP contribution in [0.15, 0.2) is 73.1 Å². The number of pyridine rings is 1. The molecule has 0 N–H and O–H groups in total. The Bertz CT molecular complexity index is 1180. The molecule has 2 aromatic heterocycles. The van der Waals surface area contributed by atoms with E-state index in [0.29, 0.717) is 5.92 Å². The molecule has 1 atom stereocenters. The van der Waals surface area contributed by atoms with Crippen molar-refractivity contribution in [3.8, 4) is 22.5 Å². The highest BCUT2D eigenvalue weighted by Crippen LogP contribution is 2.29. The summed E-state index contributed by atoms with van der Waals surface area (Å²) in [4.78, 5) is 22.8. The van der Waals surface area contributed by atoms with Crippen molar-refractivity contribution in [1.29, 1.82) is 0 Å². The number of aromatic nitrogens is 3. The van der Waals surface area contributed by atoms with Crippen molar-refractivity contribution in [2.24, 2.45) is 5.92 Å². The summed E-state index contributed by atoms with van der Waals surface area (Å²) in [5.74, 6) is 1.55. The fourth-order valence-electron chi connectivity index (χ4n) is 4.36. The van der Waals surface area contributed by atoms with Gasteiger partial charge in [-0.25, -0.2) is 4.98 Å². The largest absolute Gasteiger partial charge is 0.343 e. The van der Waals surface area contributed by atoms with Gasteiger partial charge in [-0.2, -0.15) is 0 Å². The van der Waals surface area contributed by atoms with Gasteiger partial charge < -0.3 is 9.47 Å². The first-order chi connectivity index (χ1) is 14.7. The molecule has 2 aromatic carbocycles. The van der Waals surface area contributed by atoms with Crippen LogP contribution in [-0.2, 0) is 11.3 Å². The number of rotatable bonds is 4. The first-order valence-electron chi connectivity index (χ1n) is 10.4. The fourth-order valence-corrected chi connectivity index (χ4v) is 4.36. The van der Waals surface area contributed by atoms with Crippen molar-refractivity contribution in [1.82, 2.24) is 19.4 Å². The summed E-state index contributed by atoms with van der Waals surface area (Å²) >= 11 is 0. The van der Waals surface area contributed by atoms with Gasteiger partial charge >= 0.3 is 0 Å². The maximum absolute atomic E-state index is 11.7. The van der Waals surface area contributed by atoms with Crippen molar-refractivity contribution in [2.45, 2.75) is 19.9 Å². The lowest BCUT2D eigenvalue weighted by Gasteiger charge is -2.16. The zero-order chi connectivity index (χ0) is 20.5. The first-order valence-corrected chi connectivity index (χ1v) is 10.4. The second-order valence-corrected chi connectivity index (χ2v) is 7.97. The van der Waals surface area contributed by atoms with Crippen LogP contribution in [0.1, 0.15) is 13.3 Å². The summed E-state index contributed by atoms with van der Waals surface area (Å²) in [6.45, 7) is 4.15. The number of benzene rings is 2. The van der Waals surface area contributed by atoms with Crippen LogP contribution in [0.5, 0.6) is 0 Å². The van der Waals surface area contributed by atoms with E-state index in [4.69, 9.17) is 4.98 Å². The minimum absolute atomic E-state index is 0.161. The number of hydrogen-bond donors (Lipinski definition) is 0. The van der Waals surface area contributed by atoms with E-state index in [1.54, 1.807) is 6.92 Å². The lowest BCUT2D eigenvalue weighted by atomic mass is 10.0. The molecule has 1 amide bonds. The van der Waals surface area contributed by atoms with E-state index in [2.05, 4.69) is 58.1 Å². The molecule has 4 aromatic rings. The van der Waals surface area contributed by atoms with E-state index in [-0.39, 0.29) is 5.91 Å². The Kier molecular flexibility index (Phi) is 4.79. The third-order valence-electron chi connectivity index (χ3n) is 5.97. The van der Waals surface area contributed by atoms with Gasteiger partial charge in [0, 0.05) is 38.3 Å². The molecule has 1 aliphatic heterocycles. The van der Waals surface area contributed by atoms with Gasteiger partial charge in [-0.1, -0.05) is 54.6 Å². The Labute approximate surface area is 176 Å². The van der Waals surface area contributed by atoms with Gasteiger partial charge in [0.2, 0.25) is 5.91 Å². The molecule has 5 rings (SSSR count). The van der Waals surface area contributed by atoms with Crippen molar-refractivity contribution in [2.75, 3.05) is 13.1 Å². The van der Waals surface area contributed by atoms with E-state index in [1.807, 2.05) is 29.4 Å². The molecular formula is C25H24N4O. The molecule has 1 unspecified atom stereocenters.